The van der Waals surface area contributed by atoms with Crippen LogP contribution >= 0.6 is 0 Å². The van der Waals surface area contributed by atoms with Gasteiger partial charge in [-0.15, -0.1) is 5.11 Å². The molecule has 2 rings (SSSR count). The van der Waals surface area contributed by atoms with Crippen molar-refractivity contribution in [3.63, 3.8) is 0 Å². The summed E-state index contributed by atoms with van der Waals surface area (Å²) >= 11 is 0. The maximum absolute atomic E-state index is 10.9. The molecule has 90 valence electrons. The number of anilines is 1. The molecule has 0 amide bonds. The van der Waals surface area contributed by atoms with Crippen LogP contribution in [0.25, 0.3) is 0 Å². The summed E-state index contributed by atoms with van der Waals surface area (Å²) in [5.74, 6) is -1.02. The Balaban J connectivity index is 0.00000180. The average Bonchev–Trinajstić information content (AvgIpc) is 2.40. The Hall–Kier alpha value is -1.69. The molecule has 19 heavy (non-hydrogen) atoms. The fourth-order valence-corrected chi connectivity index (χ4v) is 1.39. The van der Waals surface area contributed by atoms with Crippen molar-refractivity contribution in [3.05, 3.63) is 60.2 Å². The molecule has 0 bridgehead atoms. The van der Waals surface area contributed by atoms with E-state index in [1.807, 2.05) is 30.3 Å². The van der Waals surface area contributed by atoms with Gasteiger partial charge in [0.25, 0.3) is 0 Å². The van der Waals surface area contributed by atoms with Gasteiger partial charge in [0.1, 0.15) is 5.69 Å². The van der Waals surface area contributed by atoms with Gasteiger partial charge in [-0.25, -0.2) is 4.79 Å². The summed E-state index contributed by atoms with van der Waals surface area (Å²) in [5, 5.41) is 16.6. The second-order valence-electron chi connectivity index (χ2n) is 3.50. The third-order valence-electron chi connectivity index (χ3n) is 2.25. The van der Waals surface area contributed by atoms with E-state index >= 15 is 0 Å². The number of carboxylic acids is 1. The third kappa shape index (κ3) is 4.48. The van der Waals surface area contributed by atoms with Gasteiger partial charge in [0.15, 0.2) is 0 Å². The number of hydrogen-bond donors (Lipinski definition) is 2. The van der Waals surface area contributed by atoms with Crippen molar-refractivity contribution in [1.82, 2.24) is 0 Å². The zero-order chi connectivity index (χ0) is 12.8. The molecule has 5 nitrogen and oxygen atoms in total. The summed E-state index contributed by atoms with van der Waals surface area (Å²) < 4.78 is 0. The van der Waals surface area contributed by atoms with Gasteiger partial charge in [-0.3, -0.25) is 5.43 Å². The molecule has 2 aromatic rings. The van der Waals surface area contributed by atoms with Crippen molar-refractivity contribution < 1.29 is 39.5 Å². The van der Waals surface area contributed by atoms with Crippen LogP contribution in [0.15, 0.2) is 64.9 Å². The summed E-state index contributed by atoms with van der Waals surface area (Å²) in [6.07, 6.45) is 0. The SMILES string of the molecule is O=C(O)c1ccccc1N=NNc1ccccc1.[Na+]. The molecule has 2 N–H and O–H groups in total. The Morgan fingerprint density at radius 1 is 1.00 bits per heavy atom. The summed E-state index contributed by atoms with van der Waals surface area (Å²) in [5.41, 5.74) is 3.95. The minimum absolute atomic E-state index is 0. The standard InChI is InChI=1S/C13H11N3O2.Na/c17-13(18)11-8-4-5-9-12(11)15-16-14-10-6-2-1-3-7-10;/h1-9H,(H,14,15)(H,17,18);/q;+1. The molecule has 0 aromatic heterocycles. The molecule has 0 saturated heterocycles. The zero-order valence-electron chi connectivity index (χ0n) is 10.4. The molecule has 2 aromatic carbocycles. The minimum Gasteiger partial charge on any atom is -0.478 e. The van der Waals surface area contributed by atoms with Crippen molar-refractivity contribution in [2.24, 2.45) is 10.3 Å². The number of rotatable bonds is 4. The van der Waals surface area contributed by atoms with Gasteiger partial charge >= 0.3 is 35.5 Å². The van der Waals surface area contributed by atoms with Gasteiger partial charge < -0.3 is 5.11 Å². The smallest absolute Gasteiger partial charge is 0.478 e. The molecule has 0 atom stereocenters. The molecule has 0 aliphatic rings. The number of carboxylic acid groups (broad SMARTS) is 1. The van der Waals surface area contributed by atoms with Crippen molar-refractivity contribution in [2.75, 3.05) is 5.43 Å². The number of nitrogens with one attached hydrogen (secondary N) is 1. The third-order valence-corrected chi connectivity index (χ3v) is 2.25. The van der Waals surface area contributed by atoms with Crippen LogP contribution in [-0.4, -0.2) is 11.1 Å². The Bertz CT molecular complexity index is 573. The Morgan fingerprint density at radius 3 is 2.32 bits per heavy atom. The molecule has 0 aliphatic carbocycles. The van der Waals surface area contributed by atoms with E-state index in [1.54, 1.807) is 18.2 Å². The van der Waals surface area contributed by atoms with E-state index in [4.69, 9.17) is 5.11 Å². The van der Waals surface area contributed by atoms with E-state index in [2.05, 4.69) is 15.8 Å². The monoisotopic (exact) mass is 264 g/mol. The summed E-state index contributed by atoms with van der Waals surface area (Å²) in [4.78, 5) is 10.9. The van der Waals surface area contributed by atoms with Gasteiger partial charge in [0.05, 0.1) is 11.3 Å². The Morgan fingerprint density at radius 2 is 1.63 bits per heavy atom. The number of nitrogens with zero attached hydrogens (tertiary/aromatic N) is 2. The van der Waals surface area contributed by atoms with E-state index in [1.165, 1.54) is 6.07 Å². The molecule has 0 fully saturated rings. The number of hydrogen-bond acceptors (Lipinski definition) is 3. The summed E-state index contributed by atoms with van der Waals surface area (Å²) in [6.45, 7) is 0. The second kappa shape index (κ2) is 7.68. The van der Waals surface area contributed by atoms with Gasteiger partial charge in [-0.1, -0.05) is 35.6 Å². The van der Waals surface area contributed by atoms with Crippen LogP contribution in [0, 0.1) is 0 Å². The van der Waals surface area contributed by atoms with Crippen molar-refractivity contribution in [1.29, 1.82) is 0 Å². The normalized spacial score (nSPS) is 9.89. The maximum atomic E-state index is 10.9. The number of para-hydroxylation sites is 1. The fourth-order valence-electron chi connectivity index (χ4n) is 1.39. The molecule has 6 heteroatoms. The largest absolute Gasteiger partial charge is 1.00 e. The van der Waals surface area contributed by atoms with E-state index in [0.29, 0.717) is 5.69 Å². The van der Waals surface area contributed by atoms with Gasteiger partial charge in [-0.2, -0.15) is 0 Å². The first kappa shape index (κ1) is 15.4. The quantitative estimate of drug-likeness (QED) is 0.480. The maximum Gasteiger partial charge on any atom is 1.00 e. The van der Waals surface area contributed by atoms with Crippen LogP contribution in [0.4, 0.5) is 11.4 Å². The molecular formula is C13H11N3NaO2+. The minimum atomic E-state index is -1.02. The van der Waals surface area contributed by atoms with Crippen LogP contribution in [0.2, 0.25) is 0 Å². The topological polar surface area (TPSA) is 74.0 Å². The molecular weight excluding hydrogens is 253 g/mol. The predicted octanol–water partition coefficient (Wildman–Crippen LogP) is 0.500. The predicted molar refractivity (Wildman–Crippen MR) is 68.0 cm³/mol. The fraction of sp³-hybridized carbons (Fsp3) is 0. The van der Waals surface area contributed by atoms with Gasteiger partial charge in [0, 0.05) is 0 Å². The van der Waals surface area contributed by atoms with Crippen LogP contribution in [0.5, 0.6) is 0 Å². The molecule has 0 spiro atoms. The van der Waals surface area contributed by atoms with Crippen LogP contribution in [0.1, 0.15) is 10.4 Å². The van der Waals surface area contributed by atoms with E-state index < -0.39 is 5.97 Å². The van der Waals surface area contributed by atoms with E-state index in [-0.39, 0.29) is 35.1 Å². The summed E-state index contributed by atoms with van der Waals surface area (Å²) in [7, 11) is 0. The molecule has 0 radical (unpaired) electrons. The summed E-state index contributed by atoms with van der Waals surface area (Å²) in [6, 6.07) is 15.7. The first-order chi connectivity index (χ1) is 8.77. The molecule has 0 unspecified atom stereocenters. The molecule has 0 heterocycles. The number of benzene rings is 2. The average molecular weight is 264 g/mol. The van der Waals surface area contributed by atoms with E-state index in [0.717, 1.165) is 5.69 Å². The zero-order valence-corrected chi connectivity index (χ0v) is 12.4. The number of carbonyl (C=O) groups is 1. The van der Waals surface area contributed by atoms with Crippen molar-refractivity contribution in [3.8, 4) is 0 Å². The van der Waals surface area contributed by atoms with Crippen molar-refractivity contribution in [2.45, 2.75) is 0 Å². The Kier molecular flexibility index (Phi) is 6.21. The van der Waals surface area contributed by atoms with Gasteiger partial charge in [0.2, 0.25) is 0 Å². The van der Waals surface area contributed by atoms with Gasteiger partial charge in [-0.05, 0) is 24.3 Å². The van der Waals surface area contributed by atoms with E-state index in [9.17, 15) is 4.79 Å². The number of aromatic carboxylic acids is 1. The molecule has 0 aliphatic heterocycles. The molecule has 0 saturated carbocycles. The van der Waals surface area contributed by atoms with Crippen molar-refractivity contribution >= 4 is 17.3 Å². The Labute approximate surface area is 132 Å². The first-order valence-electron chi connectivity index (χ1n) is 5.31. The van der Waals surface area contributed by atoms with Crippen LogP contribution in [-0.2, 0) is 0 Å². The van der Waals surface area contributed by atoms with Crippen LogP contribution in [0.3, 0.4) is 0 Å². The van der Waals surface area contributed by atoms with Crippen LogP contribution < -0.4 is 35.0 Å². The first-order valence-corrected chi connectivity index (χ1v) is 5.31. The second-order valence-corrected chi connectivity index (χ2v) is 3.50.